The minimum Gasteiger partial charge on any atom is -0.508 e. The van der Waals surface area contributed by atoms with Crippen LogP contribution in [0.1, 0.15) is 23.5 Å². The van der Waals surface area contributed by atoms with Crippen LogP contribution in [-0.4, -0.2) is 25.7 Å². The molecule has 132 valence electrons. The molecule has 2 aromatic rings. The molecule has 0 aromatic heterocycles. The molecule has 25 heavy (non-hydrogen) atoms. The number of amides is 1. The number of rotatable bonds is 6. The summed E-state index contributed by atoms with van der Waals surface area (Å²) >= 11 is 0. The number of phenols is 1. The van der Waals surface area contributed by atoms with Crippen molar-refractivity contribution in [3.63, 3.8) is 0 Å². The normalized spacial score (nSPS) is 19.4. The van der Waals surface area contributed by atoms with Gasteiger partial charge in [0.2, 0.25) is 15.9 Å². The summed E-state index contributed by atoms with van der Waals surface area (Å²) in [5, 5.41) is 12.4. The Hall–Kier alpha value is -2.38. The molecule has 0 heterocycles. The second-order valence-electron chi connectivity index (χ2n) is 6.32. The van der Waals surface area contributed by atoms with E-state index in [0.29, 0.717) is 5.69 Å². The zero-order chi connectivity index (χ0) is 18.0. The number of benzene rings is 2. The molecule has 2 atom stereocenters. The van der Waals surface area contributed by atoms with Gasteiger partial charge in [-0.05, 0) is 47.7 Å². The third kappa shape index (κ3) is 4.80. The van der Waals surface area contributed by atoms with Crippen molar-refractivity contribution in [3.8, 4) is 5.75 Å². The van der Waals surface area contributed by atoms with Crippen LogP contribution in [0.25, 0.3) is 0 Å². The Labute approximate surface area is 146 Å². The number of aromatic hydroxyl groups is 1. The number of hydrogen-bond donors (Lipinski definition) is 3. The van der Waals surface area contributed by atoms with Crippen LogP contribution >= 0.6 is 0 Å². The Bertz CT molecular complexity index is 878. The molecule has 3 rings (SSSR count). The fraction of sp³-hybridized carbons (Fsp3) is 0.278. The zero-order valence-electron chi connectivity index (χ0n) is 13.8. The summed E-state index contributed by atoms with van der Waals surface area (Å²) in [6.45, 7) is 0.218. The first-order chi connectivity index (χ1) is 11.8. The molecular weight excluding hydrogens is 340 g/mol. The van der Waals surface area contributed by atoms with Gasteiger partial charge in [0.05, 0.1) is 6.26 Å². The van der Waals surface area contributed by atoms with Gasteiger partial charge >= 0.3 is 0 Å². The van der Waals surface area contributed by atoms with E-state index in [1.165, 1.54) is 0 Å². The van der Waals surface area contributed by atoms with E-state index < -0.39 is 10.0 Å². The molecule has 7 heteroatoms. The Morgan fingerprint density at radius 3 is 2.56 bits per heavy atom. The molecule has 1 aliphatic carbocycles. The van der Waals surface area contributed by atoms with Crippen LogP contribution in [-0.2, 0) is 21.4 Å². The van der Waals surface area contributed by atoms with Gasteiger partial charge in [-0.15, -0.1) is 0 Å². The van der Waals surface area contributed by atoms with Crippen molar-refractivity contribution in [2.45, 2.75) is 18.9 Å². The highest BCUT2D eigenvalue weighted by Gasteiger charge is 2.44. The Kier molecular flexibility index (Phi) is 4.78. The van der Waals surface area contributed by atoms with E-state index in [1.54, 1.807) is 42.5 Å². The number of hydrogen-bond acceptors (Lipinski definition) is 4. The molecule has 1 aliphatic rings. The first-order valence-corrected chi connectivity index (χ1v) is 9.84. The van der Waals surface area contributed by atoms with Gasteiger partial charge in [-0.2, -0.15) is 0 Å². The molecule has 0 saturated heterocycles. The lowest BCUT2D eigenvalue weighted by molar-refractivity contribution is -0.117. The molecule has 0 unspecified atom stereocenters. The maximum Gasteiger partial charge on any atom is 0.228 e. The first-order valence-electron chi connectivity index (χ1n) is 7.95. The third-order valence-corrected chi connectivity index (χ3v) is 4.85. The topological polar surface area (TPSA) is 95.5 Å². The number of carbonyl (C=O) groups is 1. The predicted octanol–water partition coefficient (Wildman–Crippen LogP) is 2.18. The van der Waals surface area contributed by atoms with Crippen LogP contribution in [0.5, 0.6) is 5.75 Å². The second-order valence-corrected chi connectivity index (χ2v) is 8.16. The summed E-state index contributed by atoms with van der Waals surface area (Å²) in [6.07, 6.45) is 1.88. The summed E-state index contributed by atoms with van der Waals surface area (Å²) in [5.74, 6) is 0.218. The first kappa shape index (κ1) is 17.4. The number of sulfonamides is 1. The molecule has 1 fully saturated rings. The lowest BCUT2D eigenvalue weighted by Crippen LogP contribution is -2.21. The van der Waals surface area contributed by atoms with Crippen molar-refractivity contribution >= 4 is 21.6 Å². The zero-order valence-corrected chi connectivity index (χ0v) is 14.6. The van der Waals surface area contributed by atoms with Crippen molar-refractivity contribution in [1.29, 1.82) is 0 Å². The maximum absolute atomic E-state index is 12.3. The molecule has 3 N–H and O–H groups in total. The monoisotopic (exact) mass is 360 g/mol. The maximum atomic E-state index is 12.3. The standard InChI is InChI=1S/C18H20N2O4S/c1-25(23,24)19-11-12-5-7-14(8-6-12)20-18(22)17-10-16(17)13-3-2-4-15(21)9-13/h2-9,16-17,19,21H,10-11H2,1H3,(H,20,22)/t16-,17+/m1/s1. The molecule has 1 amide bonds. The molecule has 0 aliphatic heterocycles. The number of anilines is 1. The minimum atomic E-state index is -3.23. The average molecular weight is 360 g/mol. The lowest BCUT2D eigenvalue weighted by Gasteiger charge is -2.07. The molecule has 1 saturated carbocycles. The van der Waals surface area contributed by atoms with Gasteiger partial charge in [-0.3, -0.25) is 4.79 Å². The highest BCUT2D eigenvalue weighted by molar-refractivity contribution is 7.88. The van der Waals surface area contributed by atoms with E-state index in [-0.39, 0.29) is 30.0 Å². The third-order valence-electron chi connectivity index (χ3n) is 4.19. The van der Waals surface area contributed by atoms with Crippen LogP contribution < -0.4 is 10.0 Å². The summed E-state index contributed by atoms with van der Waals surface area (Å²) in [5.41, 5.74) is 2.46. The van der Waals surface area contributed by atoms with Crippen LogP contribution in [0, 0.1) is 5.92 Å². The highest BCUT2D eigenvalue weighted by Crippen LogP contribution is 2.48. The fourth-order valence-corrected chi connectivity index (χ4v) is 3.19. The van der Waals surface area contributed by atoms with Gasteiger partial charge in [-0.1, -0.05) is 24.3 Å². The van der Waals surface area contributed by atoms with E-state index in [2.05, 4.69) is 10.0 Å². The van der Waals surface area contributed by atoms with Crippen molar-refractivity contribution in [2.75, 3.05) is 11.6 Å². The van der Waals surface area contributed by atoms with Crippen molar-refractivity contribution in [2.24, 2.45) is 5.92 Å². The molecule has 6 nitrogen and oxygen atoms in total. The molecular formula is C18H20N2O4S. The number of phenolic OH excluding ortho intramolecular Hbond substituents is 1. The van der Waals surface area contributed by atoms with E-state index >= 15 is 0 Å². The molecule has 2 aromatic carbocycles. The van der Waals surface area contributed by atoms with Gasteiger partial charge < -0.3 is 10.4 Å². The average Bonchev–Trinajstić information content (AvgIpc) is 3.34. The van der Waals surface area contributed by atoms with Crippen LogP contribution in [0.15, 0.2) is 48.5 Å². The Morgan fingerprint density at radius 2 is 1.92 bits per heavy atom. The van der Waals surface area contributed by atoms with Crippen molar-refractivity contribution < 1.29 is 18.3 Å². The van der Waals surface area contributed by atoms with Gasteiger partial charge in [0.25, 0.3) is 0 Å². The number of nitrogens with one attached hydrogen (secondary N) is 2. The van der Waals surface area contributed by atoms with E-state index in [1.807, 2.05) is 6.07 Å². The van der Waals surface area contributed by atoms with Crippen LogP contribution in [0.2, 0.25) is 0 Å². The number of carbonyl (C=O) groups excluding carboxylic acids is 1. The minimum absolute atomic E-state index is 0.0460. The largest absolute Gasteiger partial charge is 0.508 e. The Balaban J connectivity index is 1.55. The molecule has 0 radical (unpaired) electrons. The lowest BCUT2D eigenvalue weighted by atomic mass is 10.1. The van der Waals surface area contributed by atoms with Crippen molar-refractivity contribution in [1.82, 2.24) is 4.72 Å². The van der Waals surface area contributed by atoms with E-state index in [4.69, 9.17) is 0 Å². The van der Waals surface area contributed by atoms with Crippen molar-refractivity contribution in [3.05, 3.63) is 59.7 Å². The molecule has 0 spiro atoms. The summed E-state index contributed by atoms with van der Waals surface area (Å²) in [6, 6.07) is 14.1. The van der Waals surface area contributed by atoms with Crippen LogP contribution in [0.4, 0.5) is 5.69 Å². The molecule has 0 bridgehead atoms. The summed E-state index contributed by atoms with van der Waals surface area (Å²) < 4.78 is 24.6. The van der Waals surface area contributed by atoms with Gasteiger partial charge in [0.15, 0.2) is 0 Å². The summed E-state index contributed by atoms with van der Waals surface area (Å²) in [4.78, 5) is 12.3. The highest BCUT2D eigenvalue weighted by atomic mass is 32.2. The van der Waals surface area contributed by atoms with E-state index in [0.717, 1.165) is 23.8 Å². The predicted molar refractivity (Wildman–Crippen MR) is 95.7 cm³/mol. The quantitative estimate of drug-likeness (QED) is 0.736. The SMILES string of the molecule is CS(=O)(=O)NCc1ccc(NC(=O)[C@H]2C[C@@H]2c2cccc(O)c2)cc1. The second kappa shape index (κ2) is 6.85. The van der Waals surface area contributed by atoms with Crippen LogP contribution in [0.3, 0.4) is 0 Å². The fourth-order valence-electron chi connectivity index (χ4n) is 2.76. The Morgan fingerprint density at radius 1 is 1.20 bits per heavy atom. The smallest absolute Gasteiger partial charge is 0.228 e. The van der Waals surface area contributed by atoms with Gasteiger partial charge in [0.1, 0.15) is 5.75 Å². The van der Waals surface area contributed by atoms with E-state index in [9.17, 15) is 18.3 Å². The van der Waals surface area contributed by atoms with Gasteiger partial charge in [-0.25, -0.2) is 13.1 Å². The summed E-state index contributed by atoms with van der Waals surface area (Å²) in [7, 11) is -3.23. The van der Waals surface area contributed by atoms with Gasteiger partial charge in [0, 0.05) is 18.2 Å².